The first-order chi connectivity index (χ1) is 17.8. The molecule has 1 aliphatic rings. The Morgan fingerprint density at radius 2 is 1.92 bits per heavy atom. The Kier molecular flexibility index (Phi) is 9.29. The molecule has 0 saturated heterocycles. The number of carbonyl (C=O) groups excluding carboxylic acids is 2. The van der Waals surface area contributed by atoms with Gasteiger partial charge in [-0.15, -0.1) is 0 Å². The Hall–Kier alpha value is -2.87. The molecular weight excluding hydrogens is 512 g/mol. The zero-order valence-electron chi connectivity index (χ0n) is 21.8. The molecule has 2 aromatic carbocycles. The lowest BCUT2D eigenvalue weighted by Gasteiger charge is -2.34. The van der Waals surface area contributed by atoms with Crippen LogP contribution in [-0.2, 0) is 30.9 Å². The van der Waals surface area contributed by atoms with E-state index in [4.69, 9.17) is 16.2 Å². The predicted molar refractivity (Wildman–Crippen MR) is 141 cm³/mol. The number of nitrogens with zero attached hydrogens (tertiary/aromatic N) is 1. The molecule has 1 aliphatic heterocycles. The van der Waals surface area contributed by atoms with Gasteiger partial charge in [0.25, 0.3) is 5.91 Å². The Bertz CT molecular complexity index is 1300. The van der Waals surface area contributed by atoms with E-state index in [2.05, 4.69) is 42.6 Å². The summed E-state index contributed by atoms with van der Waals surface area (Å²) >= 11 is 0. The number of aliphatic hydroxyl groups excluding tert-OH is 1. The monoisotopic (exact) mass is 548 g/mol. The SMILES string of the molecule is Cc1cc(C)c2c(c1)C(c1cccc(S(=O)(=O)NCCOCCC(O)(C(N)=O)C(O)C(N)=O)c1)CN(C)C2. The van der Waals surface area contributed by atoms with Crippen LogP contribution in [0.2, 0.25) is 0 Å². The maximum absolute atomic E-state index is 13.0. The average molecular weight is 549 g/mol. The highest BCUT2D eigenvalue weighted by Crippen LogP contribution is 2.36. The van der Waals surface area contributed by atoms with Gasteiger partial charge in [-0.3, -0.25) is 9.59 Å². The molecule has 11 nitrogen and oxygen atoms in total. The summed E-state index contributed by atoms with van der Waals surface area (Å²) in [6, 6.07) is 11.2. The summed E-state index contributed by atoms with van der Waals surface area (Å²) in [5.74, 6) is -2.61. The molecule has 208 valence electrons. The number of sulfonamides is 1. The molecule has 0 spiro atoms. The Labute approximate surface area is 222 Å². The normalized spacial score (nSPS) is 18.4. The van der Waals surface area contributed by atoms with Crippen molar-refractivity contribution in [3.63, 3.8) is 0 Å². The van der Waals surface area contributed by atoms with Gasteiger partial charge in [-0.05, 0) is 55.3 Å². The Balaban J connectivity index is 1.64. The number of fused-ring (bicyclic) bond motifs is 1. The van der Waals surface area contributed by atoms with E-state index in [0.717, 1.165) is 18.7 Å². The third-order valence-electron chi connectivity index (χ3n) is 6.83. The third kappa shape index (κ3) is 6.57. The zero-order chi connectivity index (χ0) is 28.3. The number of rotatable bonds is 12. The number of nitrogens with two attached hydrogens (primary N) is 2. The molecule has 7 N–H and O–H groups in total. The molecule has 0 aromatic heterocycles. The second-order valence-corrected chi connectivity index (χ2v) is 11.6. The van der Waals surface area contributed by atoms with E-state index in [9.17, 15) is 28.2 Å². The van der Waals surface area contributed by atoms with Gasteiger partial charge in [0.05, 0.1) is 18.1 Å². The fourth-order valence-electron chi connectivity index (χ4n) is 4.78. The summed E-state index contributed by atoms with van der Waals surface area (Å²) in [5.41, 5.74) is 13.2. The van der Waals surface area contributed by atoms with Gasteiger partial charge in [0, 0.05) is 32.0 Å². The molecule has 12 heteroatoms. The van der Waals surface area contributed by atoms with Crippen LogP contribution in [0.4, 0.5) is 0 Å². The standard InChI is InChI=1S/C26H36N4O7S/c1-16-11-17(2)21-14-30(3)15-22(20(21)12-16)18-5-4-6-19(13-18)38(35,36)29-8-10-37-9-7-26(34,25(28)33)23(31)24(27)32/h4-6,11-13,22-23,29,31,34H,7-10,14-15H2,1-3H3,(H2,27,32)(H2,28,33). The van der Waals surface area contributed by atoms with E-state index in [1.54, 1.807) is 12.1 Å². The molecule has 0 saturated carbocycles. The lowest BCUT2D eigenvalue weighted by atomic mass is 9.82. The smallest absolute Gasteiger partial charge is 0.252 e. The first-order valence-electron chi connectivity index (χ1n) is 12.2. The van der Waals surface area contributed by atoms with Gasteiger partial charge in [-0.25, -0.2) is 13.1 Å². The fraction of sp³-hybridized carbons (Fsp3) is 0.462. The summed E-state index contributed by atoms with van der Waals surface area (Å²) in [4.78, 5) is 25.0. The van der Waals surface area contributed by atoms with Crippen LogP contribution in [0.25, 0.3) is 0 Å². The van der Waals surface area contributed by atoms with Crippen molar-refractivity contribution in [1.29, 1.82) is 0 Å². The van der Waals surface area contributed by atoms with Crippen LogP contribution in [0.5, 0.6) is 0 Å². The van der Waals surface area contributed by atoms with Gasteiger partial charge in [-0.1, -0.05) is 29.8 Å². The van der Waals surface area contributed by atoms with Crippen LogP contribution in [0.1, 0.15) is 40.2 Å². The highest BCUT2D eigenvalue weighted by Gasteiger charge is 2.44. The van der Waals surface area contributed by atoms with Gasteiger partial charge < -0.3 is 31.3 Å². The minimum absolute atomic E-state index is 0.0283. The van der Waals surface area contributed by atoms with Gasteiger partial charge in [0.1, 0.15) is 0 Å². The molecule has 1 heterocycles. The second kappa shape index (κ2) is 11.9. The molecular formula is C26H36N4O7S. The number of hydrogen-bond donors (Lipinski definition) is 5. The molecule has 3 rings (SSSR count). The maximum Gasteiger partial charge on any atom is 0.252 e. The van der Waals surface area contributed by atoms with Gasteiger partial charge in [0.2, 0.25) is 15.9 Å². The summed E-state index contributed by atoms with van der Waals surface area (Å²) in [7, 11) is -1.80. The second-order valence-electron chi connectivity index (χ2n) is 9.82. The number of hydrogen-bond acceptors (Lipinski definition) is 8. The number of aryl methyl sites for hydroxylation is 2. The molecule has 0 bridgehead atoms. The molecule has 0 aliphatic carbocycles. The van der Waals surface area contributed by atoms with Crippen LogP contribution < -0.4 is 16.2 Å². The van der Waals surface area contributed by atoms with Crippen LogP contribution in [-0.4, -0.2) is 80.4 Å². The van der Waals surface area contributed by atoms with Crippen molar-refractivity contribution in [3.05, 3.63) is 64.2 Å². The highest BCUT2D eigenvalue weighted by molar-refractivity contribution is 7.89. The fourth-order valence-corrected chi connectivity index (χ4v) is 5.84. The van der Waals surface area contributed by atoms with Crippen LogP contribution in [0.15, 0.2) is 41.3 Å². The number of likely N-dealkylation sites (N-methyl/N-ethyl adjacent to an activating group) is 1. The van der Waals surface area contributed by atoms with E-state index < -0.39 is 40.0 Å². The van der Waals surface area contributed by atoms with Crippen LogP contribution in [0, 0.1) is 13.8 Å². The number of benzene rings is 2. The van der Waals surface area contributed by atoms with Crippen LogP contribution in [0.3, 0.4) is 0 Å². The molecule has 38 heavy (non-hydrogen) atoms. The topological polar surface area (TPSA) is 185 Å². The van der Waals surface area contributed by atoms with E-state index in [1.807, 2.05) is 6.07 Å². The first kappa shape index (κ1) is 29.7. The quantitative estimate of drug-likeness (QED) is 0.222. The number of nitrogens with one attached hydrogen (secondary N) is 1. The summed E-state index contributed by atoms with van der Waals surface area (Å²) in [6.07, 6.45) is -2.70. The predicted octanol–water partition coefficient (Wildman–Crippen LogP) is -0.372. The van der Waals surface area contributed by atoms with Crippen molar-refractivity contribution in [1.82, 2.24) is 9.62 Å². The minimum atomic E-state index is -3.85. The molecule has 2 aromatic rings. The summed E-state index contributed by atoms with van der Waals surface area (Å²) < 4.78 is 33.7. The van der Waals surface area contributed by atoms with E-state index in [-0.39, 0.29) is 30.6 Å². The van der Waals surface area contributed by atoms with Gasteiger partial charge >= 0.3 is 0 Å². The summed E-state index contributed by atoms with van der Waals surface area (Å²) in [5, 5.41) is 19.9. The highest BCUT2D eigenvalue weighted by atomic mass is 32.2. The van der Waals surface area contributed by atoms with Crippen molar-refractivity contribution in [2.75, 3.05) is 33.4 Å². The molecule has 0 fully saturated rings. The Morgan fingerprint density at radius 1 is 1.21 bits per heavy atom. The Morgan fingerprint density at radius 3 is 2.58 bits per heavy atom. The lowest BCUT2D eigenvalue weighted by Crippen LogP contribution is -2.58. The number of aliphatic hydroxyl groups is 2. The average Bonchev–Trinajstić information content (AvgIpc) is 2.85. The molecule has 3 unspecified atom stereocenters. The van der Waals surface area contributed by atoms with E-state index in [0.29, 0.717) is 0 Å². The van der Waals surface area contributed by atoms with E-state index >= 15 is 0 Å². The van der Waals surface area contributed by atoms with Crippen molar-refractivity contribution in [3.8, 4) is 0 Å². The van der Waals surface area contributed by atoms with E-state index in [1.165, 1.54) is 28.3 Å². The number of ether oxygens (including phenoxy) is 1. The van der Waals surface area contributed by atoms with Crippen molar-refractivity contribution >= 4 is 21.8 Å². The van der Waals surface area contributed by atoms with Crippen molar-refractivity contribution in [2.24, 2.45) is 11.5 Å². The summed E-state index contributed by atoms with van der Waals surface area (Å²) in [6.45, 7) is 5.30. The molecule has 2 amide bonds. The molecule has 0 radical (unpaired) electrons. The van der Waals surface area contributed by atoms with Crippen LogP contribution >= 0.6 is 0 Å². The van der Waals surface area contributed by atoms with Gasteiger partial charge in [-0.2, -0.15) is 0 Å². The lowest BCUT2D eigenvalue weighted by molar-refractivity contribution is -0.161. The maximum atomic E-state index is 13.0. The van der Waals surface area contributed by atoms with Crippen molar-refractivity contribution in [2.45, 2.75) is 49.3 Å². The van der Waals surface area contributed by atoms with Gasteiger partial charge in [0.15, 0.2) is 11.7 Å². The number of primary amides is 2. The number of carbonyl (C=O) groups is 2. The third-order valence-corrected chi connectivity index (χ3v) is 8.29. The molecule has 3 atom stereocenters. The minimum Gasteiger partial charge on any atom is -0.380 e. The zero-order valence-corrected chi connectivity index (χ0v) is 22.6. The largest absolute Gasteiger partial charge is 0.380 e. The number of amides is 2. The van der Waals surface area contributed by atoms with Crippen molar-refractivity contribution < 1.29 is 33.0 Å². The first-order valence-corrected chi connectivity index (χ1v) is 13.7.